The summed E-state index contributed by atoms with van der Waals surface area (Å²) in [6, 6.07) is 0. The molecule has 0 aromatic heterocycles. The Kier molecular flexibility index (Phi) is 10.6. The van der Waals surface area contributed by atoms with Crippen molar-refractivity contribution in [3.63, 3.8) is 0 Å². The van der Waals surface area contributed by atoms with Gasteiger partial charge in [-0.05, 0) is 36.2 Å². The maximum Gasteiger partial charge on any atom is 0.145 e. The number of allylic oxidation sites excluding steroid dienone is 1. The van der Waals surface area contributed by atoms with Gasteiger partial charge in [0.05, 0.1) is 0 Å². The molecule has 2 unspecified atom stereocenters. The second-order valence-corrected chi connectivity index (χ2v) is 7.06. The predicted octanol–water partition coefficient (Wildman–Crippen LogP) is 6.18. The summed E-state index contributed by atoms with van der Waals surface area (Å²) in [5.41, 5.74) is 0.459. The van der Waals surface area contributed by atoms with Crippen LogP contribution in [0.4, 0.5) is 0 Å². The Hall–Kier alpha value is -0.590. The van der Waals surface area contributed by atoms with Crippen molar-refractivity contribution in [3.05, 3.63) is 12.2 Å². The van der Waals surface area contributed by atoms with Gasteiger partial charge in [-0.1, -0.05) is 79.2 Å². The van der Waals surface area contributed by atoms with E-state index in [0.717, 1.165) is 30.6 Å². The molecular weight excluding hydrogens is 244 g/mol. The Morgan fingerprint density at radius 1 is 0.950 bits per heavy atom. The molecule has 0 spiro atoms. The van der Waals surface area contributed by atoms with Crippen molar-refractivity contribution in [2.75, 3.05) is 0 Å². The highest BCUT2D eigenvalue weighted by atomic mass is 16.1. The fourth-order valence-electron chi connectivity index (χ4n) is 2.69. The van der Waals surface area contributed by atoms with Gasteiger partial charge in [0.15, 0.2) is 0 Å². The van der Waals surface area contributed by atoms with Crippen LogP contribution in [0, 0.1) is 17.8 Å². The van der Waals surface area contributed by atoms with Crippen molar-refractivity contribution in [1.82, 2.24) is 0 Å². The van der Waals surface area contributed by atoms with E-state index < -0.39 is 6.26 Å². The normalized spacial score (nSPS) is 14.9. The van der Waals surface area contributed by atoms with Gasteiger partial charge in [0.25, 0.3) is 0 Å². The summed E-state index contributed by atoms with van der Waals surface area (Å²) in [7, 11) is 0. The van der Waals surface area contributed by atoms with Gasteiger partial charge in [-0.2, -0.15) is 0 Å². The SMILES string of the molecule is [2H]C(=O)C(=C)CCCC(C)CCCC(C)CCCC(C)C. The summed E-state index contributed by atoms with van der Waals surface area (Å²) in [5.74, 6) is 2.42. The van der Waals surface area contributed by atoms with Crippen molar-refractivity contribution >= 4 is 6.26 Å². The first kappa shape index (κ1) is 17.5. The fraction of sp³-hybridized carbons (Fsp3) is 0.842. The van der Waals surface area contributed by atoms with Crippen molar-refractivity contribution in [3.8, 4) is 0 Å². The summed E-state index contributed by atoms with van der Waals surface area (Å²) in [6.07, 6.45) is 10.3. The topological polar surface area (TPSA) is 17.1 Å². The fourth-order valence-corrected chi connectivity index (χ4v) is 2.69. The largest absolute Gasteiger partial charge is 0.298 e. The molecule has 0 fully saturated rings. The van der Waals surface area contributed by atoms with Crippen molar-refractivity contribution < 1.29 is 6.17 Å². The van der Waals surface area contributed by atoms with Gasteiger partial charge in [0.2, 0.25) is 0 Å². The molecule has 0 amide bonds. The molecule has 0 aliphatic heterocycles. The van der Waals surface area contributed by atoms with E-state index in [1.807, 2.05) is 0 Å². The lowest BCUT2D eigenvalue weighted by Crippen LogP contribution is -2.00. The second kappa shape index (κ2) is 12.2. The quantitative estimate of drug-likeness (QED) is 0.291. The van der Waals surface area contributed by atoms with E-state index in [-0.39, 0.29) is 0 Å². The molecule has 0 rings (SSSR count). The molecule has 1 heteroatoms. The highest BCUT2D eigenvalue weighted by Crippen LogP contribution is 2.21. The number of carbonyl (C=O) groups excluding carboxylic acids is 1. The van der Waals surface area contributed by atoms with Gasteiger partial charge < -0.3 is 0 Å². The van der Waals surface area contributed by atoms with Crippen LogP contribution in [0.25, 0.3) is 0 Å². The average molecular weight is 282 g/mol. The van der Waals surface area contributed by atoms with Crippen LogP contribution in [0.1, 0.15) is 86.9 Å². The lowest BCUT2D eigenvalue weighted by atomic mass is 9.91. The van der Waals surface area contributed by atoms with Crippen LogP contribution in [-0.2, 0) is 4.79 Å². The molecule has 20 heavy (non-hydrogen) atoms. The molecule has 2 atom stereocenters. The first-order valence-corrected chi connectivity index (χ1v) is 8.51. The molecule has 0 aromatic rings. The minimum atomic E-state index is -0.599. The Morgan fingerprint density at radius 2 is 1.40 bits per heavy atom. The zero-order valence-electron chi connectivity index (χ0n) is 15.2. The monoisotopic (exact) mass is 281 g/mol. The number of aldehydes is 1. The summed E-state index contributed by atoms with van der Waals surface area (Å²) in [5, 5.41) is 0. The number of rotatable bonds is 13. The standard InChI is InChI=1S/C19H36O/c1-16(2)9-6-10-17(3)11-7-12-18(4)13-8-14-19(5)15-20/h15-18H,5-14H2,1-4H3/i15D. The van der Waals surface area contributed by atoms with E-state index in [1.54, 1.807) is 0 Å². The molecule has 0 aromatic carbocycles. The van der Waals surface area contributed by atoms with Gasteiger partial charge >= 0.3 is 0 Å². The summed E-state index contributed by atoms with van der Waals surface area (Å²) >= 11 is 0. The molecule has 0 N–H and O–H groups in total. The lowest BCUT2D eigenvalue weighted by molar-refractivity contribution is -0.105. The Balaban J connectivity index is 3.54. The molecule has 0 aliphatic rings. The Bertz CT molecular complexity index is 296. The van der Waals surface area contributed by atoms with Crippen molar-refractivity contribution in [1.29, 1.82) is 0 Å². The molecule has 0 bridgehead atoms. The Morgan fingerprint density at radius 3 is 1.85 bits per heavy atom. The van der Waals surface area contributed by atoms with Crippen LogP contribution in [0.5, 0.6) is 0 Å². The number of hydrogen-bond acceptors (Lipinski definition) is 1. The molecule has 0 radical (unpaired) electrons. The maximum atomic E-state index is 10.8. The molecule has 0 saturated heterocycles. The predicted molar refractivity (Wildman–Crippen MR) is 89.9 cm³/mol. The van der Waals surface area contributed by atoms with Crippen LogP contribution < -0.4 is 0 Å². The van der Waals surface area contributed by atoms with Crippen LogP contribution >= 0.6 is 0 Å². The highest BCUT2D eigenvalue weighted by molar-refractivity contribution is 5.71. The van der Waals surface area contributed by atoms with Crippen LogP contribution in [0.2, 0.25) is 0 Å². The van der Waals surface area contributed by atoms with Gasteiger partial charge in [-0.25, -0.2) is 0 Å². The van der Waals surface area contributed by atoms with E-state index in [2.05, 4.69) is 34.3 Å². The van der Waals surface area contributed by atoms with Crippen molar-refractivity contribution in [2.24, 2.45) is 17.8 Å². The Labute approximate surface area is 128 Å². The third-order valence-electron chi connectivity index (χ3n) is 4.19. The molecule has 0 heterocycles. The van der Waals surface area contributed by atoms with Gasteiger partial charge in [0.1, 0.15) is 7.63 Å². The van der Waals surface area contributed by atoms with Gasteiger partial charge in [-0.3, -0.25) is 4.79 Å². The van der Waals surface area contributed by atoms with E-state index in [0.29, 0.717) is 12.0 Å². The molecule has 0 aliphatic carbocycles. The summed E-state index contributed by atoms with van der Waals surface area (Å²) in [4.78, 5) is 10.8. The first-order chi connectivity index (χ1) is 9.82. The maximum absolute atomic E-state index is 10.8. The highest BCUT2D eigenvalue weighted by Gasteiger charge is 2.06. The van der Waals surface area contributed by atoms with Crippen LogP contribution in [-0.4, -0.2) is 6.26 Å². The minimum absolute atomic E-state index is 0.459. The molecule has 0 saturated carbocycles. The van der Waals surface area contributed by atoms with Gasteiger partial charge in [0, 0.05) is 0 Å². The summed E-state index contributed by atoms with van der Waals surface area (Å²) in [6.45, 7) is 12.9. The van der Waals surface area contributed by atoms with E-state index in [4.69, 9.17) is 1.37 Å². The molecular formula is C19H36O. The lowest BCUT2D eigenvalue weighted by Gasteiger charge is -2.15. The molecule has 118 valence electrons. The number of carbonyl (C=O) groups is 1. The zero-order chi connectivity index (χ0) is 16.3. The van der Waals surface area contributed by atoms with E-state index in [9.17, 15) is 4.79 Å². The van der Waals surface area contributed by atoms with Gasteiger partial charge in [-0.15, -0.1) is 0 Å². The third-order valence-corrected chi connectivity index (χ3v) is 4.19. The van der Waals surface area contributed by atoms with Crippen LogP contribution in [0.15, 0.2) is 12.2 Å². The summed E-state index contributed by atoms with van der Waals surface area (Å²) < 4.78 is 6.97. The number of hydrogen-bond donors (Lipinski definition) is 0. The van der Waals surface area contributed by atoms with Crippen LogP contribution in [0.3, 0.4) is 0 Å². The first-order valence-electron chi connectivity index (χ1n) is 9.01. The van der Waals surface area contributed by atoms with E-state index in [1.165, 1.54) is 38.5 Å². The smallest absolute Gasteiger partial charge is 0.145 e. The zero-order valence-corrected chi connectivity index (χ0v) is 14.2. The van der Waals surface area contributed by atoms with E-state index >= 15 is 0 Å². The molecule has 1 nitrogen and oxygen atoms in total. The third kappa shape index (κ3) is 12.4. The average Bonchev–Trinajstić information content (AvgIpc) is 2.37. The van der Waals surface area contributed by atoms with Crippen molar-refractivity contribution in [2.45, 2.75) is 85.5 Å². The minimum Gasteiger partial charge on any atom is -0.298 e. The second-order valence-electron chi connectivity index (χ2n) is 7.06.